The van der Waals surface area contributed by atoms with E-state index in [0.29, 0.717) is 29.3 Å². The average molecular weight is 568 g/mol. The van der Waals surface area contributed by atoms with Crippen molar-refractivity contribution in [2.75, 3.05) is 11.4 Å². The average Bonchev–Trinajstić information content (AvgIpc) is 3.22. The Bertz CT molecular complexity index is 1490. The van der Waals surface area contributed by atoms with Crippen molar-refractivity contribution >= 4 is 44.5 Å². The molecule has 0 saturated carbocycles. The molecule has 5 nitrogen and oxygen atoms in total. The highest BCUT2D eigenvalue weighted by atomic mass is 32.1. The van der Waals surface area contributed by atoms with Crippen molar-refractivity contribution in [1.29, 1.82) is 0 Å². The molecule has 1 aromatic heterocycles. The maximum Gasteiger partial charge on any atom is 0.232 e. The van der Waals surface area contributed by atoms with Crippen LogP contribution in [0.4, 0.5) is 14.6 Å². The van der Waals surface area contributed by atoms with Gasteiger partial charge in [-0.1, -0.05) is 35.9 Å². The number of nitrogens with zero attached hydrogens (tertiary/aromatic N) is 3. The molecule has 0 aliphatic carbocycles. The Morgan fingerprint density at radius 1 is 0.923 bits per heavy atom. The first-order chi connectivity index (χ1) is 17.8. The molecule has 5 rings (SSSR count). The largest absolute Gasteiger partial charge is 0.296 e. The summed E-state index contributed by atoms with van der Waals surface area (Å²) in [5, 5.41) is 4.74. The molecule has 0 fully saturated rings. The fraction of sp³-hybridized carbons (Fsp3) is 0.233. The van der Waals surface area contributed by atoms with Crippen LogP contribution in [0.3, 0.4) is 0 Å². The minimum Gasteiger partial charge on any atom is -0.296 e. The normalized spacial score (nSPS) is 16.2. The van der Waals surface area contributed by atoms with Crippen molar-refractivity contribution < 1.29 is 18.4 Å². The lowest BCUT2D eigenvalue weighted by Gasteiger charge is -2.38. The summed E-state index contributed by atoms with van der Waals surface area (Å²) in [7, 11) is 0. The number of aromatic nitrogens is 2. The van der Waals surface area contributed by atoms with E-state index in [1.807, 2.05) is 39.0 Å². The number of halogens is 2. The summed E-state index contributed by atoms with van der Waals surface area (Å²) in [6.07, 6.45) is 0.00143. The molecule has 39 heavy (non-hydrogen) atoms. The van der Waals surface area contributed by atoms with Crippen LogP contribution in [0.15, 0.2) is 72.8 Å². The highest BCUT2D eigenvalue weighted by molar-refractivity contribution is 7.59. The quantitative estimate of drug-likeness (QED) is 0.254. The summed E-state index contributed by atoms with van der Waals surface area (Å²) in [5.41, 5.74) is 4.36. The van der Waals surface area contributed by atoms with E-state index in [1.54, 1.807) is 39.9 Å². The van der Waals surface area contributed by atoms with Gasteiger partial charge in [0, 0.05) is 30.0 Å². The van der Waals surface area contributed by atoms with Gasteiger partial charge in [0.2, 0.25) is 5.91 Å². The van der Waals surface area contributed by atoms with Gasteiger partial charge >= 0.3 is 0 Å². The number of hydrogen-bond donors (Lipinski definition) is 0. The minimum absolute atomic E-state index is 0. The van der Waals surface area contributed by atoms with Crippen molar-refractivity contribution in [2.24, 2.45) is 5.92 Å². The molecule has 2 atom stereocenters. The van der Waals surface area contributed by atoms with E-state index in [4.69, 9.17) is 5.10 Å². The summed E-state index contributed by atoms with van der Waals surface area (Å²) < 4.78 is 29.2. The molecule has 0 N–H and O–H groups in total. The second-order valence-electron chi connectivity index (χ2n) is 9.43. The molecule has 1 aliphatic heterocycles. The number of amides is 1. The fourth-order valence-electron chi connectivity index (χ4n) is 5.28. The molecule has 9 heteroatoms. The van der Waals surface area contributed by atoms with Crippen LogP contribution in [0.5, 0.6) is 0 Å². The van der Waals surface area contributed by atoms with E-state index in [0.717, 1.165) is 16.7 Å². The number of fused-ring (bicyclic) bond motifs is 1. The van der Waals surface area contributed by atoms with Gasteiger partial charge in [0.15, 0.2) is 5.78 Å². The van der Waals surface area contributed by atoms with E-state index in [-0.39, 0.29) is 56.7 Å². The number of aryl methyl sites for hydroxylation is 2. The number of anilines is 1. The Kier molecular flexibility index (Phi) is 9.40. The van der Waals surface area contributed by atoms with Gasteiger partial charge in [0.05, 0.1) is 17.3 Å². The van der Waals surface area contributed by atoms with Gasteiger partial charge in [-0.25, -0.2) is 13.5 Å². The molecule has 0 saturated heterocycles. The number of rotatable bonds is 6. The Morgan fingerprint density at radius 2 is 1.54 bits per heavy atom. The van der Waals surface area contributed by atoms with Crippen molar-refractivity contribution in [1.82, 2.24) is 9.78 Å². The van der Waals surface area contributed by atoms with Crippen LogP contribution >= 0.6 is 27.0 Å². The molecular weight excluding hydrogens is 536 g/mol. The number of carbonyl (C=O) groups is 2. The maximum atomic E-state index is 14.0. The van der Waals surface area contributed by atoms with Crippen LogP contribution in [0.2, 0.25) is 0 Å². The standard InChI is InChI=1S/C30H27F2N3O2.2H2S/c1-4-34-29-27(19(3)33-35(29)24-14-12-23(32)13-15-24)28(20-8-10-22(31)11-9-20)25(30(34)37)17-26(36)21-7-5-6-18(2)16-21;;/h5-16,25,28H,4,17H2,1-3H3;2*1H2/t25-,28+;;/m0../s1. The van der Waals surface area contributed by atoms with Gasteiger partial charge in [-0.3, -0.25) is 14.5 Å². The van der Waals surface area contributed by atoms with Crippen molar-refractivity contribution in [3.8, 4) is 5.69 Å². The Morgan fingerprint density at radius 3 is 2.13 bits per heavy atom. The predicted octanol–water partition coefficient (Wildman–Crippen LogP) is 6.38. The number of carbonyl (C=O) groups excluding carboxylic acids is 2. The Balaban J connectivity index is 0.00000210. The molecule has 2 heterocycles. The zero-order chi connectivity index (χ0) is 26.3. The van der Waals surface area contributed by atoms with Crippen LogP contribution in [0.25, 0.3) is 5.69 Å². The SMILES string of the molecule is CCN1C(=O)[C@@H](CC(=O)c2cccc(C)c2)[C@@H](c2ccc(F)cc2)c2c(C)nn(-c3ccc(F)cc3)c21.S.S. The number of ketones is 1. The van der Waals surface area contributed by atoms with Gasteiger partial charge in [0.25, 0.3) is 0 Å². The van der Waals surface area contributed by atoms with Gasteiger partial charge in [-0.15, -0.1) is 0 Å². The lowest BCUT2D eigenvalue weighted by Crippen LogP contribution is -2.45. The highest BCUT2D eigenvalue weighted by Gasteiger charge is 2.45. The van der Waals surface area contributed by atoms with Crippen LogP contribution in [0, 0.1) is 31.4 Å². The van der Waals surface area contributed by atoms with Gasteiger partial charge in [0.1, 0.15) is 17.5 Å². The zero-order valence-electron chi connectivity index (χ0n) is 21.9. The Labute approximate surface area is 240 Å². The predicted molar refractivity (Wildman–Crippen MR) is 159 cm³/mol. The minimum atomic E-state index is -0.699. The van der Waals surface area contributed by atoms with Crippen LogP contribution < -0.4 is 4.90 Å². The van der Waals surface area contributed by atoms with E-state index in [1.165, 1.54) is 24.3 Å². The Hall–Kier alpha value is -3.43. The fourth-order valence-corrected chi connectivity index (χ4v) is 5.28. The summed E-state index contributed by atoms with van der Waals surface area (Å²) in [6.45, 7) is 6.01. The van der Waals surface area contributed by atoms with Crippen LogP contribution in [0.1, 0.15) is 52.0 Å². The second kappa shape index (κ2) is 12.2. The molecule has 204 valence electrons. The second-order valence-corrected chi connectivity index (χ2v) is 9.43. The molecule has 1 aliphatic rings. The smallest absolute Gasteiger partial charge is 0.232 e. The molecule has 4 aromatic rings. The number of hydrogen-bond acceptors (Lipinski definition) is 3. The summed E-state index contributed by atoms with van der Waals surface area (Å²) in [4.78, 5) is 29.1. The molecule has 0 unspecified atom stereocenters. The number of Topliss-reactive ketones (excluding diaryl/α,β-unsaturated/α-hetero) is 1. The van der Waals surface area contributed by atoms with Gasteiger partial charge < -0.3 is 0 Å². The third-order valence-electron chi connectivity index (χ3n) is 7.00. The first-order valence-electron chi connectivity index (χ1n) is 12.3. The van der Waals surface area contributed by atoms with Crippen molar-refractivity contribution in [2.45, 2.75) is 33.1 Å². The van der Waals surface area contributed by atoms with E-state index in [9.17, 15) is 18.4 Å². The van der Waals surface area contributed by atoms with E-state index in [2.05, 4.69) is 0 Å². The molecular formula is C30H31F2N3O2S2. The molecule has 0 spiro atoms. The van der Waals surface area contributed by atoms with Crippen LogP contribution in [-0.4, -0.2) is 28.0 Å². The van der Waals surface area contributed by atoms with Crippen LogP contribution in [-0.2, 0) is 4.79 Å². The third kappa shape index (κ3) is 5.65. The van der Waals surface area contributed by atoms with Gasteiger partial charge in [-0.05, 0) is 68.8 Å². The highest BCUT2D eigenvalue weighted by Crippen LogP contribution is 2.47. The van der Waals surface area contributed by atoms with E-state index < -0.39 is 11.8 Å². The first-order valence-corrected chi connectivity index (χ1v) is 12.3. The summed E-state index contributed by atoms with van der Waals surface area (Å²) in [5.74, 6) is -1.70. The molecule has 0 bridgehead atoms. The summed E-state index contributed by atoms with van der Waals surface area (Å²) in [6, 6.07) is 19.3. The maximum absolute atomic E-state index is 14.0. The third-order valence-corrected chi connectivity index (χ3v) is 7.00. The monoisotopic (exact) mass is 567 g/mol. The lowest BCUT2D eigenvalue weighted by atomic mass is 9.74. The first kappa shape index (κ1) is 30.1. The molecule has 3 aromatic carbocycles. The van der Waals surface area contributed by atoms with Gasteiger partial charge in [-0.2, -0.15) is 32.1 Å². The van der Waals surface area contributed by atoms with Crippen molar-refractivity contribution in [3.63, 3.8) is 0 Å². The topological polar surface area (TPSA) is 55.2 Å². The molecule has 1 amide bonds. The van der Waals surface area contributed by atoms with Crippen molar-refractivity contribution in [3.05, 3.63) is 112 Å². The molecule has 0 radical (unpaired) electrons. The zero-order valence-corrected chi connectivity index (χ0v) is 23.9. The summed E-state index contributed by atoms with van der Waals surface area (Å²) >= 11 is 0. The number of benzene rings is 3. The van der Waals surface area contributed by atoms with E-state index >= 15 is 0 Å². The lowest BCUT2D eigenvalue weighted by molar-refractivity contribution is -0.123.